The minimum atomic E-state index is -2.65. The number of hydrogen-bond acceptors (Lipinski definition) is 3. The second-order valence-corrected chi connectivity index (χ2v) is 4.81. The Balaban J connectivity index is 3.23. The van der Waals surface area contributed by atoms with E-state index in [0.717, 1.165) is 0 Å². The molecule has 1 aromatic rings. The van der Waals surface area contributed by atoms with Gasteiger partial charge in [-0.3, -0.25) is 0 Å². The molecule has 0 fully saturated rings. The van der Waals surface area contributed by atoms with Crippen LogP contribution in [0.4, 0.5) is 8.78 Å². The van der Waals surface area contributed by atoms with Crippen molar-refractivity contribution in [2.45, 2.75) is 13.3 Å². The first-order valence-electron chi connectivity index (χ1n) is 4.28. The number of alkyl halides is 2. The highest BCUT2D eigenvalue weighted by molar-refractivity contribution is 14.1. The van der Waals surface area contributed by atoms with E-state index in [2.05, 4.69) is 4.98 Å². The molecule has 0 unspecified atom stereocenters. The van der Waals surface area contributed by atoms with E-state index in [1.165, 1.54) is 6.20 Å². The van der Waals surface area contributed by atoms with Crippen LogP contribution in [-0.2, 0) is 4.74 Å². The van der Waals surface area contributed by atoms with Crippen molar-refractivity contribution < 1.29 is 18.3 Å². The van der Waals surface area contributed by atoms with E-state index in [1.54, 1.807) is 52.1 Å². The van der Waals surface area contributed by atoms with Gasteiger partial charge in [-0.05, 0) is 52.1 Å². The predicted octanol–water partition coefficient (Wildman–Crippen LogP) is 3.41. The number of halogens is 4. The molecule has 0 radical (unpaired) electrons. The van der Waals surface area contributed by atoms with E-state index >= 15 is 0 Å². The molecule has 1 aromatic heterocycles. The number of aromatic nitrogens is 1. The van der Waals surface area contributed by atoms with Crippen LogP contribution in [0.1, 0.15) is 29.3 Å². The fourth-order valence-electron chi connectivity index (χ4n) is 1.02. The van der Waals surface area contributed by atoms with E-state index < -0.39 is 12.4 Å². The molecule has 0 spiro atoms. The minimum Gasteiger partial charge on any atom is -0.462 e. The number of carbonyl (C=O) groups is 1. The molecule has 0 aliphatic rings. The van der Waals surface area contributed by atoms with Crippen LogP contribution in [0.15, 0.2) is 6.20 Å². The van der Waals surface area contributed by atoms with Crippen molar-refractivity contribution in [3.05, 3.63) is 24.6 Å². The largest absolute Gasteiger partial charge is 0.462 e. The maximum atomic E-state index is 12.7. The number of rotatable bonds is 3. The highest BCUT2D eigenvalue weighted by Gasteiger charge is 2.23. The smallest absolute Gasteiger partial charge is 0.340 e. The first-order chi connectivity index (χ1) is 7.49. The van der Waals surface area contributed by atoms with Gasteiger partial charge in [0.1, 0.15) is 3.70 Å². The zero-order valence-corrected chi connectivity index (χ0v) is 12.5. The summed E-state index contributed by atoms with van der Waals surface area (Å²) in [5.74, 6) is -0.627. The quantitative estimate of drug-likeness (QED) is 0.401. The topological polar surface area (TPSA) is 39.2 Å². The maximum absolute atomic E-state index is 12.7. The summed E-state index contributed by atoms with van der Waals surface area (Å²) in [4.78, 5) is 15.2. The summed E-state index contributed by atoms with van der Waals surface area (Å²) in [5, 5.41) is 0. The van der Waals surface area contributed by atoms with Crippen molar-refractivity contribution >= 4 is 51.2 Å². The van der Waals surface area contributed by atoms with Gasteiger partial charge >= 0.3 is 5.97 Å². The summed E-state index contributed by atoms with van der Waals surface area (Å²) >= 11 is 3.43. The van der Waals surface area contributed by atoms with Crippen molar-refractivity contribution in [2.24, 2.45) is 0 Å². The average Bonchev–Trinajstić information content (AvgIpc) is 2.17. The van der Waals surface area contributed by atoms with Gasteiger partial charge in [0.2, 0.25) is 0 Å². The molecule has 1 heterocycles. The van der Waals surface area contributed by atoms with E-state index in [9.17, 15) is 13.6 Å². The van der Waals surface area contributed by atoms with Crippen LogP contribution >= 0.6 is 45.2 Å². The third kappa shape index (κ3) is 2.99. The van der Waals surface area contributed by atoms with Gasteiger partial charge in [0.05, 0.1) is 17.7 Å². The Labute approximate surface area is 118 Å². The predicted molar refractivity (Wildman–Crippen MR) is 70.6 cm³/mol. The number of ether oxygens (including phenoxy) is 1. The SMILES string of the molecule is CCOC(=O)c1cnc(I)c(C(F)F)c1I. The van der Waals surface area contributed by atoms with Crippen molar-refractivity contribution in [3.8, 4) is 0 Å². The van der Waals surface area contributed by atoms with E-state index in [-0.39, 0.29) is 25.0 Å². The summed E-state index contributed by atoms with van der Waals surface area (Å²) in [6.07, 6.45) is -1.39. The van der Waals surface area contributed by atoms with Gasteiger partial charge in [-0.2, -0.15) is 0 Å². The molecule has 0 aromatic carbocycles. The zero-order chi connectivity index (χ0) is 12.3. The first-order valence-corrected chi connectivity index (χ1v) is 6.44. The summed E-state index contributed by atoms with van der Waals surface area (Å²) in [6.45, 7) is 1.85. The second-order valence-electron chi connectivity index (χ2n) is 2.71. The number of carbonyl (C=O) groups excluding carboxylic acids is 1. The van der Waals surface area contributed by atoms with Crippen LogP contribution in [0.2, 0.25) is 0 Å². The molecule has 16 heavy (non-hydrogen) atoms. The molecule has 0 amide bonds. The lowest BCUT2D eigenvalue weighted by Gasteiger charge is -2.09. The Morgan fingerprint density at radius 2 is 2.19 bits per heavy atom. The molecule has 0 atom stereocenters. The van der Waals surface area contributed by atoms with Gasteiger partial charge in [-0.15, -0.1) is 0 Å². The molecular weight excluding hydrogens is 446 g/mol. The molecule has 0 bridgehead atoms. The van der Waals surface area contributed by atoms with E-state index in [1.807, 2.05) is 0 Å². The molecular formula is C9H7F2I2NO2. The van der Waals surface area contributed by atoms with Gasteiger partial charge in [0.15, 0.2) is 0 Å². The average molecular weight is 453 g/mol. The Morgan fingerprint density at radius 1 is 1.56 bits per heavy atom. The third-order valence-electron chi connectivity index (χ3n) is 1.72. The van der Waals surface area contributed by atoms with E-state index in [4.69, 9.17) is 4.74 Å². The lowest BCUT2D eigenvalue weighted by Crippen LogP contribution is -2.11. The first kappa shape index (κ1) is 14.0. The van der Waals surface area contributed by atoms with Crippen molar-refractivity contribution in [3.63, 3.8) is 0 Å². The molecule has 0 N–H and O–H groups in total. The minimum absolute atomic E-state index is 0.0816. The van der Waals surface area contributed by atoms with Crippen LogP contribution < -0.4 is 0 Å². The Morgan fingerprint density at radius 3 is 2.69 bits per heavy atom. The Hall–Kier alpha value is -0.0600. The zero-order valence-electron chi connectivity index (χ0n) is 8.14. The highest BCUT2D eigenvalue weighted by Crippen LogP contribution is 2.30. The number of hydrogen-bond donors (Lipinski definition) is 0. The number of pyridine rings is 1. The van der Waals surface area contributed by atoms with Crippen LogP contribution in [-0.4, -0.2) is 17.6 Å². The van der Waals surface area contributed by atoms with Crippen LogP contribution in [0.3, 0.4) is 0 Å². The lowest BCUT2D eigenvalue weighted by atomic mass is 10.2. The summed E-state index contributed by atoms with van der Waals surface area (Å²) in [5.41, 5.74) is -0.134. The molecule has 0 aliphatic carbocycles. The number of esters is 1. The molecule has 0 aliphatic heterocycles. The lowest BCUT2D eigenvalue weighted by molar-refractivity contribution is 0.0524. The highest BCUT2D eigenvalue weighted by atomic mass is 127. The van der Waals surface area contributed by atoms with Crippen LogP contribution in [0.5, 0.6) is 0 Å². The number of nitrogens with zero attached hydrogens (tertiary/aromatic N) is 1. The summed E-state index contributed by atoms with van der Waals surface area (Å²) < 4.78 is 30.6. The molecule has 88 valence electrons. The molecule has 7 heteroatoms. The molecule has 0 saturated heterocycles. The van der Waals surface area contributed by atoms with Gasteiger partial charge in [-0.25, -0.2) is 18.6 Å². The van der Waals surface area contributed by atoms with Crippen molar-refractivity contribution in [2.75, 3.05) is 6.61 Å². The Bertz CT molecular complexity index is 413. The molecule has 3 nitrogen and oxygen atoms in total. The maximum Gasteiger partial charge on any atom is 0.340 e. The molecule has 1 rings (SSSR count). The standard InChI is InChI=1S/C9H7F2I2NO2/c1-2-16-9(15)4-3-14-8(13)5(6(4)12)7(10)11/h3,7H,2H2,1H3. The monoisotopic (exact) mass is 453 g/mol. The van der Waals surface area contributed by atoms with E-state index in [0.29, 0.717) is 0 Å². The Kier molecular flexibility index (Phi) is 5.28. The van der Waals surface area contributed by atoms with Crippen LogP contribution in [0.25, 0.3) is 0 Å². The van der Waals surface area contributed by atoms with Crippen LogP contribution in [0, 0.1) is 7.27 Å². The van der Waals surface area contributed by atoms with Crippen molar-refractivity contribution in [1.82, 2.24) is 4.98 Å². The summed E-state index contributed by atoms with van der Waals surface area (Å²) in [6, 6.07) is 0. The molecule has 0 saturated carbocycles. The van der Waals surface area contributed by atoms with Crippen molar-refractivity contribution in [1.29, 1.82) is 0 Å². The van der Waals surface area contributed by atoms with Gasteiger partial charge in [0, 0.05) is 9.77 Å². The normalized spacial score (nSPS) is 10.6. The third-order valence-corrected chi connectivity index (χ3v) is 3.74. The van der Waals surface area contributed by atoms with Gasteiger partial charge in [-0.1, -0.05) is 0 Å². The second kappa shape index (κ2) is 6.03. The van der Waals surface area contributed by atoms with Gasteiger partial charge in [0.25, 0.3) is 6.43 Å². The fraction of sp³-hybridized carbons (Fsp3) is 0.333. The summed E-state index contributed by atoms with van der Waals surface area (Å²) in [7, 11) is 0. The fourth-order valence-corrected chi connectivity index (χ4v) is 3.03. The van der Waals surface area contributed by atoms with Gasteiger partial charge < -0.3 is 4.74 Å².